The van der Waals surface area contributed by atoms with Gasteiger partial charge in [0.15, 0.2) is 0 Å². The maximum absolute atomic E-state index is 11.1. The van der Waals surface area contributed by atoms with Gasteiger partial charge in [-0.2, -0.15) is 0 Å². The molecule has 0 spiro atoms. The van der Waals surface area contributed by atoms with Crippen molar-refractivity contribution in [2.75, 3.05) is 23.7 Å². The van der Waals surface area contributed by atoms with Crippen LogP contribution in [0.1, 0.15) is 18.4 Å². The summed E-state index contributed by atoms with van der Waals surface area (Å²) >= 11 is 3.52. The summed E-state index contributed by atoms with van der Waals surface area (Å²) in [5.74, 6) is 5.64. The summed E-state index contributed by atoms with van der Waals surface area (Å²) in [5, 5.41) is 10.8. The van der Waals surface area contributed by atoms with E-state index in [2.05, 4.69) is 35.8 Å². The zero-order valence-corrected chi connectivity index (χ0v) is 17.6. The highest BCUT2D eigenvalue weighted by Crippen LogP contribution is 2.37. The summed E-state index contributed by atoms with van der Waals surface area (Å²) in [6, 6.07) is 3.70. The first-order chi connectivity index (χ1) is 13.9. The van der Waals surface area contributed by atoms with Crippen LogP contribution in [0.15, 0.2) is 41.4 Å². The van der Waals surface area contributed by atoms with Crippen LogP contribution < -0.4 is 16.5 Å². The fraction of sp³-hybridized carbons (Fsp3) is 0.316. The third kappa shape index (κ3) is 4.77. The van der Waals surface area contributed by atoms with E-state index in [1.807, 2.05) is 25.3 Å². The molecule has 1 fully saturated rings. The van der Waals surface area contributed by atoms with Crippen molar-refractivity contribution in [2.45, 2.75) is 25.8 Å². The molecule has 1 aliphatic heterocycles. The molecule has 6 N–H and O–H groups in total. The predicted molar refractivity (Wildman–Crippen MR) is 116 cm³/mol. The number of nitrogens with one attached hydrogen (secondary N) is 1. The lowest BCUT2D eigenvalue weighted by molar-refractivity contribution is 0.119. The van der Waals surface area contributed by atoms with Crippen LogP contribution in [0.25, 0.3) is 11.0 Å². The number of rotatable bonds is 2. The van der Waals surface area contributed by atoms with Crippen LogP contribution in [0, 0.1) is 6.92 Å². The average Bonchev–Trinajstić information content (AvgIpc) is 3.09. The summed E-state index contributed by atoms with van der Waals surface area (Å²) in [6.07, 6.45) is 7.51. The number of aromatic amines is 1. The molecule has 1 atom stereocenters. The number of nitrogens with zero attached hydrogens (tertiary/aromatic N) is 4. The zero-order valence-electron chi connectivity index (χ0n) is 16.0. The van der Waals surface area contributed by atoms with Crippen molar-refractivity contribution in [3.63, 3.8) is 0 Å². The number of hydrazine groups is 1. The van der Waals surface area contributed by atoms with Gasteiger partial charge in [0.2, 0.25) is 0 Å². The van der Waals surface area contributed by atoms with E-state index in [9.17, 15) is 4.79 Å². The van der Waals surface area contributed by atoms with Crippen molar-refractivity contribution in [1.29, 1.82) is 0 Å². The number of nitrogens with two attached hydrogens (primary N) is 2. The van der Waals surface area contributed by atoms with Crippen LogP contribution in [0.3, 0.4) is 0 Å². The van der Waals surface area contributed by atoms with Crippen molar-refractivity contribution in [3.05, 3.63) is 47.0 Å². The second-order valence-corrected chi connectivity index (χ2v) is 7.74. The molecule has 0 radical (unpaired) electrons. The lowest BCUT2D eigenvalue weighted by Crippen LogP contribution is -2.53. The minimum Gasteiger partial charge on any atom is -0.464 e. The molecule has 0 aliphatic carbocycles. The lowest BCUT2D eigenvalue weighted by atomic mass is 10.0. The molecule has 10 heteroatoms. The van der Waals surface area contributed by atoms with Gasteiger partial charge in [-0.3, -0.25) is 4.98 Å². The molecule has 1 saturated heterocycles. The number of pyridine rings is 2. The molecule has 0 bridgehead atoms. The summed E-state index contributed by atoms with van der Waals surface area (Å²) in [4.78, 5) is 24.4. The van der Waals surface area contributed by atoms with E-state index in [0.29, 0.717) is 17.9 Å². The first-order valence-corrected chi connectivity index (χ1v) is 9.97. The molecule has 4 rings (SSSR count). The molecular formula is C19H24BrN7O2. The van der Waals surface area contributed by atoms with E-state index in [4.69, 9.17) is 16.7 Å². The number of fused-ring (bicyclic) bond motifs is 1. The summed E-state index contributed by atoms with van der Waals surface area (Å²) < 4.78 is 0.825. The zero-order chi connectivity index (χ0) is 21.0. The van der Waals surface area contributed by atoms with Crippen molar-refractivity contribution in [1.82, 2.24) is 20.0 Å². The maximum Gasteiger partial charge on any atom is 0.421 e. The normalized spacial score (nSPS) is 16.2. The van der Waals surface area contributed by atoms with E-state index in [1.54, 1.807) is 18.6 Å². The van der Waals surface area contributed by atoms with Crippen LogP contribution in [0.4, 0.5) is 16.2 Å². The number of aryl methyl sites for hydroxylation is 1. The Morgan fingerprint density at radius 1 is 1.45 bits per heavy atom. The Bertz CT molecular complexity index is 979. The molecule has 0 unspecified atom stereocenters. The fourth-order valence-electron chi connectivity index (χ4n) is 3.38. The molecule has 154 valence electrons. The Kier molecular flexibility index (Phi) is 6.55. The molecular weight excluding hydrogens is 438 g/mol. The number of piperidine rings is 1. The minimum atomic E-state index is -1.12. The second-order valence-electron chi connectivity index (χ2n) is 6.88. The van der Waals surface area contributed by atoms with Gasteiger partial charge in [-0.1, -0.05) is 6.07 Å². The highest BCUT2D eigenvalue weighted by atomic mass is 79.9. The number of carbonyl (C=O) groups is 1. The number of aromatic nitrogens is 3. The molecule has 4 heterocycles. The second kappa shape index (κ2) is 9.10. The van der Waals surface area contributed by atoms with Gasteiger partial charge >= 0.3 is 6.09 Å². The molecule has 29 heavy (non-hydrogen) atoms. The van der Waals surface area contributed by atoms with Crippen LogP contribution in [0.5, 0.6) is 0 Å². The van der Waals surface area contributed by atoms with E-state index in [1.165, 1.54) is 5.56 Å². The van der Waals surface area contributed by atoms with Crippen molar-refractivity contribution in [2.24, 2.45) is 5.84 Å². The fourth-order valence-corrected chi connectivity index (χ4v) is 3.93. The third-order valence-electron chi connectivity index (χ3n) is 4.80. The highest BCUT2D eigenvalue weighted by Gasteiger charge is 2.29. The summed E-state index contributed by atoms with van der Waals surface area (Å²) in [6.45, 7) is 3.35. The number of H-pyrrole nitrogens is 1. The molecule has 0 aromatic carbocycles. The molecule has 0 saturated carbocycles. The van der Waals surface area contributed by atoms with Gasteiger partial charge in [0, 0.05) is 37.9 Å². The van der Waals surface area contributed by atoms with Crippen LogP contribution in [-0.4, -0.2) is 50.3 Å². The number of nitrogen functional groups attached to an aromatic ring is 1. The van der Waals surface area contributed by atoms with Gasteiger partial charge in [0.05, 0.1) is 27.3 Å². The third-order valence-corrected chi connectivity index (χ3v) is 5.38. The number of carboxylic acid groups (broad SMARTS) is 1. The molecule has 3 aromatic rings. The van der Waals surface area contributed by atoms with Crippen LogP contribution in [-0.2, 0) is 0 Å². The number of amides is 1. The largest absolute Gasteiger partial charge is 0.464 e. The van der Waals surface area contributed by atoms with Crippen LogP contribution in [0.2, 0.25) is 0 Å². The number of anilines is 2. The van der Waals surface area contributed by atoms with Crippen molar-refractivity contribution >= 4 is 44.4 Å². The van der Waals surface area contributed by atoms with Gasteiger partial charge in [0.1, 0.15) is 5.65 Å². The van der Waals surface area contributed by atoms with Crippen molar-refractivity contribution in [3.8, 4) is 0 Å². The topological polar surface area (TPSA) is 137 Å². The van der Waals surface area contributed by atoms with E-state index in [0.717, 1.165) is 39.9 Å². The number of halogens is 1. The van der Waals surface area contributed by atoms with Gasteiger partial charge in [-0.25, -0.2) is 20.6 Å². The number of hydrogen-bond acceptors (Lipinski definition) is 6. The van der Waals surface area contributed by atoms with Gasteiger partial charge in [-0.15, -0.1) is 0 Å². The van der Waals surface area contributed by atoms with E-state index >= 15 is 0 Å². The predicted octanol–water partition coefficient (Wildman–Crippen LogP) is 3.12. The quantitative estimate of drug-likeness (QED) is 0.261. The Labute approximate surface area is 176 Å². The maximum atomic E-state index is 11.1. The minimum absolute atomic E-state index is 0.249. The van der Waals surface area contributed by atoms with Gasteiger partial charge < -0.3 is 20.7 Å². The first-order valence-electron chi connectivity index (χ1n) is 9.18. The smallest absolute Gasteiger partial charge is 0.421 e. The summed E-state index contributed by atoms with van der Waals surface area (Å²) in [7, 11) is 0. The average molecular weight is 462 g/mol. The van der Waals surface area contributed by atoms with Gasteiger partial charge in [-0.05, 0) is 47.3 Å². The first kappa shape index (κ1) is 20.9. The Balaban J connectivity index is 0.000000290. The highest BCUT2D eigenvalue weighted by molar-refractivity contribution is 9.10. The van der Waals surface area contributed by atoms with E-state index < -0.39 is 6.09 Å². The molecule has 3 aromatic heterocycles. The Morgan fingerprint density at radius 3 is 2.86 bits per heavy atom. The lowest BCUT2D eigenvalue weighted by Gasteiger charge is -2.37. The van der Waals surface area contributed by atoms with E-state index in [-0.39, 0.29) is 6.04 Å². The molecule has 9 nitrogen and oxygen atoms in total. The van der Waals surface area contributed by atoms with Gasteiger partial charge in [0.25, 0.3) is 0 Å². The monoisotopic (exact) mass is 461 g/mol. The molecule has 1 amide bonds. The Morgan fingerprint density at radius 2 is 2.24 bits per heavy atom. The Hall–Kier alpha value is -2.85. The standard InChI is InChI=1S/C13H17BrN6O2.C6H7N/c14-8-4-17-12-10(9(15)5-18-12)11(8)19-3-1-2-7(6-19)20(16)13(21)22;1-6-3-2-4-7-5-6/h4-5,7H,1-3,6,15-16H2,(H,17,18)(H,21,22);2-5H,1H3/t7-;/m1./s1. The van der Waals surface area contributed by atoms with Crippen LogP contribution >= 0.6 is 15.9 Å². The SMILES string of the molecule is Cc1cccnc1.Nc1c[nH]c2ncc(Br)c(N3CCC[C@@H](N(N)C(=O)O)C3)c12. The number of hydrogen-bond donors (Lipinski definition) is 4. The molecule has 1 aliphatic rings. The summed E-state index contributed by atoms with van der Waals surface area (Å²) in [5.41, 5.74) is 9.50. The van der Waals surface area contributed by atoms with Crippen molar-refractivity contribution < 1.29 is 9.90 Å².